The molecule has 1 amide bonds. The molecule has 0 aromatic rings. The van der Waals surface area contributed by atoms with Gasteiger partial charge in [0.05, 0.1) is 0 Å². The molecule has 1 N–H and O–H groups in total. The average molecular weight is 290 g/mol. The Morgan fingerprint density at radius 2 is 1.95 bits per heavy atom. The van der Waals surface area contributed by atoms with Gasteiger partial charge in [-0.2, -0.15) is 11.8 Å². The molecule has 0 saturated heterocycles. The smallest absolute Gasteiger partial charge is 0.410 e. The first-order valence-electron chi connectivity index (χ1n) is 7.08. The molecule has 0 atom stereocenters. The van der Waals surface area contributed by atoms with Gasteiger partial charge in [-0.15, -0.1) is 0 Å². The minimum absolute atomic E-state index is 0.223. The topological polar surface area (TPSA) is 41.6 Å². The highest BCUT2D eigenvalue weighted by atomic mass is 32.2. The van der Waals surface area contributed by atoms with Crippen molar-refractivity contribution in [1.29, 1.82) is 0 Å². The summed E-state index contributed by atoms with van der Waals surface area (Å²) in [4.78, 5) is 13.6. The zero-order chi connectivity index (χ0) is 14.7. The van der Waals surface area contributed by atoms with E-state index in [0.717, 1.165) is 13.1 Å². The lowest BCUT2D eigenvalue weighted by Gasteiger charge is -2.26. The van der Waals surface area contributed by atoms with Crippen LogP contribution in [0.5, 0.6) is 0 Å². The van der Waals surface area contributed by atoms with Crippen LogP contribution in [-0.4, -0.2) is 54.8 Å². The Morgan fingerprint density at radius 1 is 1.26 bits per heavy atom. The maximum Gasteiger partial charge on any atom is 0.410 e. The lowest BCUT2D eigenvalue weighted by atomic mass is 10.2. The highest BCUT2D eigenvalue weighted by molar-refractivity contribution is 7.98. The van der Waals surface area contributed by atoms with Crippen LogP contribution in [-0.2, 0) is 4.74 Å². The number of thioether (sulfide) groups is 1. The van der Waals surface area contributed by atoms with E-state index >= 15 is 0 Å². The number of unbranched alkanes of at least 4 members (excludes halogenated alkanes) is 1. The summed E-state index contributed by atoms with van der Waals surface area (Å²) >= 11 is 1.89. The predicted octanol–water partition coefficient (Wildman–Crippen LogP) is 2.98. The molecule has 19 heavy (non-hydrogen) atoms. The van der Waals surface area contributed by atoms with E-state index in [2.05, 4.69) is 11.6 Å². The number of likely N-dealkylation sites (N-methyl/N-ethyl adjacent to an activating group) is 1. The van der Waals surface area contributed by atoms with Gasteiger partial charge in [-0.25, -0.2) is 4.79 Å². The quantitative estimate of drug-likeness (QED) is 0.663. The van der Waals surface area contributed by atoms with Gasteiger partial charge in [0.2, 0.25) is 0 Å². The average Bonchev–Trinajstić information content (AvgIpc) is 2.30. The second kappa shape index (κ2) is 10.4. The number of hydrogen-bond donors (Lipinski definition) is 1. The summed E-state index contributed by atoms with van der Waals surface area (Å²) in [6.45, 7) is 10.9. The van der Waals surface area contributed by atoms with Gasteiger partial charge in [-0.1, -0.05) is 0 Å². The highest BCUT2D eigenvalue weighted by Gasteiger charge is 2.20. The molecule has 5 heteroatoms. The van der Waals surface area contributed by atoms with Gasteiger partial charge < -0.3 is 15.0 Å². The molecule has 0 saturated carbocycles. The number of hydrogen-bond acceptors (Lipinski definition) is 4. The molecule has 0 radical (unpaired) electrons. The number of amides is 1. The molecule has 0 aliphatic heterocycles. The third-order valence-corrected chi connectivity index (χ3v) is 3.24. The third kappa shape index (κ3) is 11.1. The van der Waals surface area contributed by atoms with Crippen LogP contribution in [0.15, 0.2) is 0 Å². The molecule has 114 valence electrons. The maximum absolute atomic E-state index is 11.9. The zero-order valence-electron chi connectivity index (χ0n) is 13.1. The molecular weight excluding hydrogens is 260 g/mol. The van der Waals surface area contributed by atoms with Crippen LogP contribution in [0.25, 0.3) is 0 Å². The predicted molar refractivity (Wildman–Crippen MR) is 84.0 cm³/mol. The van der Waals surface area contributed by atoms with Gasteiger partial charge in [0.15, 0.2) is 0 Å². The molecule has 4 nitrogen and oxygen atoms in total. The Labute approximate surface area is 122 Å². The first-order chi connectivity index (χ1) is 8.90. The molecular formula is C14H30N2O2S. The summed E-state index contributed by atoms with van der Waals surface area (Å²) in [5.41, 5.74) is -0.421. The molecule has 0 aliphatic rings. The number of nitrogens with one attached hydrogen (secondary N) is 1. The molecule has 0 aromatic carbocycles. The van der Waals surface area contributed by atoms with Crippen LogP contribution >= 0.6 is 11.8 Å². The molecule has 0 aliphatic carbocycles. The first-order valence-corrected chi connectivity index (χ1v) is 8.47. The van der Waals surface area contributed by atoms with Gasteiger partial charge >= 0.3 is 6.09 Å². The largest absolute Gasteiger partial charge is 0.444 e. The monoisotopic (exact) mass is 290 g/mol. The number of carbonyl (C=O) groups excluding carboxylic acids is 1. The number of ether oxygens (including phenoxy) is 1. The Bertz CT molecular complexity index is 242. The van der Waals surface area contributed by atoms with Gasteiger partial charge in [0, 0.05) is 19.6 Å². The normalized spacial score (nSPS) is 11.4. The van der Waals surface area contributed by atoms with E-state index in [4.69, 9.17) is 4.74 Å². The van der Waals surface area contributed by atoms with E-state index in [9.17, 15) is 4.79 Å². The summed E-state index contributed by atoms with van der Waals surface area (Å²) in [6.07, 6.45) is 4.35. The van der Waals surface area contributed by atoms with E-state index in [1.165, 1.54) is 18.6 Å². The van der Waals surface area contributed by atoms with Gasteiger partial charge in [0.1, 0.15) is 5.60 Å². The fourth-order valence-electron chi connectivity index (χ4n) is 1.54. The number of nitrogens with zero attached hydrogens (tertiary/aromatic N) is 1. The number of rotatable bonds is 9. The van der Waals surface area contributed by atoms with Crippen molar-refractivity contribution in [2.45, 2.75) is 46.1 Å². The standard InChI is InChI=1S/C14H30N2O2S/c1-6-16(13(17)18-14(2,3)4)11-10-15-9-7-8-12-19-5/h15H,6-12H2,1-5H3. The molecule has 0 bridgehead atoms. The summed E-state index contributed by atoms with van der Waals surface area (Å²) < 4.78 is 5.36. The van der Waals surface area contributed by atoms with Crippen molar-refractivity contribution in [3.63, 3.8) is 0 Å². The van der Waals surface area contributed by atoms with E-state index in [1.54, 1.807) is 4.90 Å². The Morgan fingerprint density at radius 3 is 2.47 bits per heavy atom. The lowest BCUT2D eigenvalue weighted by molar-refractivity contribution is 0.0262. The fraction of sp³-hybridized carbons (Fsp3) is 0.929. The first kappa shape index (κ1) is 18.6. The Hall–Kier alpha value is -0.420. The van der Waals surface area contributed by atoms with Crippen LogP contribution in [0.3, 0.4) is 0 Å². The highest BCUT2D eigenvalue weighted by Crippen LogP contribution is 2.09. The van der Waals surface area contributed by atoms with Gasteiger partial charge in [-0.05, 0) is 59.1 Å². The van der Waals surface area contributed by atoms with Crippen molar-refractivity contribution in [2.75, 3.05) is 38.2 Å². The summed E-state index contributed by atoms with van der Waals surface area (Å²) in [6, 6.07) is 0. The third-order valence-electron chi connectivity index (χ3n) is 2.54. The van der Waals surface area contributed by atoms with Crippen molar-refractivity contribution in [2.24, 2.45) is 0 Å². The van der Waals surface area contributed by atoms with Crippen molar-refractivity contribution in [3.8, 4) is 0 Å². The summed E-state index contributed by atoms with van der Waals surface area (Å²) in [5, 5.41) is 3.37. The fourth-order valence-corrected chi connectivity index (χ4v) is 2.03. The van der Waals surface area contributed by atoms with Crippen LogP contribution in [0, 0.1) is 0 Å². The molecule has 0 aromatic heterocycles. The van der Waals surface area contributed by atoms with Crippen molar-refractivity contribution >= 4 is 17.9 Å². The maximum atomic E-state index is 11.9. The van der Waals surface area contributed by atoms with Crippen molar-refractivity contribution in [3.05, 3.63) is 0 Å². The summed E-state index contributed by atoms with van der Waals surface area (Å²) in [7, 11) is 0. The summed E-state index contributed by atoms with van der Waals surface area (Å²) in [5.74, 6) is 1.22. The second-order valence-electron chi connectivity index (χ2n) is 5.51. The van der Waals surface area contributed by atoms with Crippen molar-refractivity contribution in [1.82, 2.24) is 10.2 Å². The van der Waals surface area contributed by atoms with E-state index in [-0.39, 0.29) is 6.09 Å². The van der Waals surface area contributed by atoms with E-state index in [0.29, 0.717) is 13.1 Å². The molecule has 0 spiro atoms. The molecule has 0 heterocycles. The number of carbonyl (C=O) groups is 1. The van der Waals surface area contributed by atoms with Crippen LogP contribution in [0.4, 0.5) is 4.79 Å². The Balaban J connectivity index is 3.73. The lowest BCUT2D eigenvalue weighted by Crippen LogP contribution is -2.40. The molecule has 0 fully saturated rings. The van der Waals surface area contributed by atoms with Crippen LogP contribution in [0.2, 0.25) is 0 Å². The van der Waals surface area contributed by atoms with Crippen LogP contribution < -0.4 is 5.32 Å². The Kier molecular flexibility index (Phi) is 10.1. The van der Waals surface area contributed by atoms with Crippen LogP contribution in [0.1, 0.15) is 40.5 Å². The van der Waals surface area contributed by atoms with Gasteiger partial charge in [-0.3, -0.25) is 0 Å². The van der Waals surface area contributed by atoms with Gasteiger partial charge in [0.25, 0.3) is 0 Å². The molecule has 0 rings (SSSR count). The molecule has 0 unspecified atom stereocenters. The van der Waals surface area contributed by atoms with E-state index < -0.39 is 5.60 Å². The second-order valence-corrected chi connectivity index (χ2v) is 6.50. The SMILES string of the molecule is CCN(CCNCCCCSC)C(=O)OC(C)(C)C. The van der Waals surface area contributed by atoms with Crippen molar-refractivity contribution < 1.29 is 9.53 Å². The minimum Gasteiger partial charge on any atom is -0.444 e. The van der Waals surface area contributed by atoms with E-state index in [1.807, 2.05) is 39.5 Å². The zero-order valence-corrected chi connectivity index (χ0v) is 13.9. The minimum atomic E-state index is -0.421.